The van der Waals surface area contributed by atoms with Crippen molar-refractivity contribution >= 4 is 0 Å². The van der Waals surface area contributed by atoms with Crippen LogP contribution in [-0.4, -0.2) is 31.1 Å². The second-order valence-corrected chi connectivity index (χ2v) is 5.45. The second-order valence-electron chi connectivity index (χ2n) is 5.45. The first kappa shape index (κ1) is 16.7. The molecule has 0 N–H and O–H groups in total. The summed E-state index contributed by atoms with van der Waals surface area (Å²) in [4.78, 5) is 2.43. The Kier molecular flexibility index (Phi) is 7.14. The summed E-state index contributed by atoms with van der Waals surface area (Å²) in [6, 6.07) is 21.0. The monoisotopic (exact) mass is 297 g/mol. The summed E-state index contributed by atoms with van der Waals surface area (Å²) in [5.74, 6) is 0. The molecule has 0 unspecified atom stereocenters. The Morgan fingerprint density at radius 2 is 1.32 bits per heavy atom. The number of hydrogen-bond acceptors (Lipinski definition) is 2. The van der Waals surface area contributed by atoms with Gasteiger partial charge in [-0.05, 0) is 30.6 Å². The lowest BCUT2D eigenvalue weighted by molar-refractivity contribution is 0.0722. The van der Waals surface area contributed by atoms with Crippen molar-refractivity contribution in [3.05, 3.63) is 71.8 Å². The zero-order chi connectivity index (χ0) is 15.6. The van der Waals surface area contributed by atoms with E-state index in [4.69, 9.17) is 4.74 Å². The van der Waals surface area contributed by atoms with Crippen molar-refractivity contribution < 1.29 is 4.74 Å². The fourth-order valence-electron chi connectivity index (χ4n) is 2.67. The lowest BCUT2D eigenvalue weighted by Crippen LogP contribution is -2.25. The van der Waals surface area contributed by atoms with E-state index >= 15 is 0 Å². The van der Waals surface area contributed by atoms with E-state index in [1.807, 2.05) is 12.1 Å². The molecular weight excluding hydrogens is 270 g/mol. The molecule has 2 aromatic rings. The summed E-state index contributed by atoms with van der Waals surface area (Å²) in [5, 5.41) is 0. The van der Waals surface area contributed by atoms with Crippen molar-refractivity contribution in [2.24, 2.45) is 0 Å². The Hall–Kier alpha value is -1.64. The molecule has 0 heterocycles. The fraction of sp³-hybridized carbons (Fsp3) is 0.400. The van der Waals surface area contributed by atoms with E-state index in [1.165, 1.54) is 11.1 Å². The first-order valence-corrected chi connectivity index (χ1v) is 8.29. The van der Waals surface area contributed by atoms with E-state index in [2.05, 4.69) is 67.3 Å². The highest BCUT2D eigenvalue weighted by molar-refractivity contribution is 5.29. The molecule has 0 aliphatic heterocycles. The molecule has 2 heteroatoms. The predicted octanol–water partition coefficient (Wildman–Crippen LogP) is 4.52. The molecule has 0 aliphatic rings. The van der Waals surface area contributed by atoms with Gasteiger partial charge in [-0.1, -0.05) is 74.5 Å². The minimum atomic E-state index is 0.0269. The number of nitrogens with zero attached hydrogens (tertiary/aromatic N) is 1. The molecule has 0 aromatic heterocycles. The smallest absolute Gasteiger partial charge is 0.108 e. The van der Waals surface area contributed by atoms with Crippen LogP contribution in [0, 0.1) is 0 Å². The van der Waals surface area contributed by atoms with E-state index in [1.54, 1.807) is 0 Å². The van der Waals surface area contributed by atoms with Crippen LogP contribution in [0.2, 0.25) is 0 Å². The third-order valence-corrected chi connectivity index (χ3v) is 4.00. The molecule has 0 atom stereocenters. The van der Waals surface area contributed by atoms with Crippen LogP contribution in [-0.2, 0) is 4.74 Å². The van der Waals surface area contributed by atoms with Gasteiger partial charge in [-0.2, -0.15) is 0 Å². The highest BCUT2D eigenvalue weighted by atomic mass is 16.5. The highest BCUT2D eigenvalue weighted by Gasteiger charge is 2.14. The minimum Gasteiger partial charge on any atom is -0.369 e. The van der Waals surface area contributed by atoms with Crippen LogP contribution in [0.15, 0.2) is 60.7 Å². The molecule has 0 aliphatic carbocycles. The molecule has 0 bridgehead atoms. The SMILES string of the molecule is CCN(CC)CCCOC(c1ccccc1)c1ccccc1. The number of ether oxygens (including phenoxy) is 1. The van der Waals surface area contributed by atoms with Crippen LogP contribution in [0.25, 0.3) is 0 Å². The predicted molar refractivity (Wildman–Crippen MR) is 93.1 cm³/mol. The first-order chi connectivity index (χ1) is 10.8. The van der Waals surface area contributed by atoms with Gasteiger partial charge in [-0.25, -0.2) is 0 Å². The van der Waals surface area contributed by atoms with Crippen LogP contribution in [0.4, 0.5) is 0 Å². The molecule has 2 rings (SSSR count). The van der Waals surface area contributed by atoms with Crippen molar-refractivity contribution in [1.29, 1.82) is 0 Å². The number of rotatable bonds is 9. The second kappa shape index (κ2) is 9.39. The van der Waals surface area contributed by atoms with E-state index in [9.17, 15) is 0 Å². The summed E-state index contributed by atoms with van der Waals surface area (Å²) < 4.78 is 6.23. The zero-order valence-corrected chi connectivity index (χ0v) is 13.7. The average molecular weight is 297 g/mol. The normalized spacial score (nSPS) is 11.3. The summed E-state index contributed by atoms with van der Waals surface area (Å²) in [6.07, 6.45) is 1.09. The van der Waals surface area contributed by atoms with Gasteiger partial charge in [0, 0.05) is 13.2 Å². The van der Waals surface area contributed by atoms with Crippen molar-refractivity contribution in [3.8, 4) is 0 Å². The molecule has 2 aromatic carbocycles. The maximum atomic E-state index is 6.23. The molecule has 0 fully saturated rings. The van der Waals surface area contributed by atoms with Gasteiger partial charge in [0.05, 0.1) is 0 Å². The van der Waals surface area contributed by atoms with Gasteiger partial charge < -0.3 is 9.64 Å². The minimum absolute atomic E-state index is 0.0269. The molecular formula is C20H27NO. The molecule has 118 valence electrons. The van der Waals surface area contributed by atoms with Crippen molar-refractivity contribution in [3.63, 3.8) is 0 Å². The van der Waals surface area contributed by atoms with E-state index < -0.39 is 0 Å². The van der Waals surface area contributed by atoms with Gasteiger partial charge >= 0.3 is 0 Å². The Morgan fingerprint density at radius 3 is 1.77 bits per heavy atom. The van der Waals surface area contributed by atoms with Gasteiger partial charge in [0.15, 0.2) is 0 Å². The van der Waals surface area contributed by atoms with Gasteiger partial charge in [-0.15, -0.1) is 0 Å². The Balaban J connectivity index is 1.98. The molecule has 0 amide bonds. The molecule has 2 nitrogen and oxygen atoms in total. The van der Waals surface area contributed by atoms with Crippen LogP contribution >= 0.6 is 0 Å². The van der Waals surface area contributed by atoms with E-state index in [-0.39, 0.29) is 6.10 Å². The molecule has 0 radical (unpaired) electrons. The van der Waals surface area contributed by atoms with Crippen molar-refractivity contribution in [2.75, 3.05) is 26.2 Å². The number of benzene rings is 2. The van der Waals surface area contributed by atoms with Crippen LogP contribution < -0.4 is 0 Å². The van der Waals surface area contributed by atoms with Crippen molar-refractivity contribution in [2.45, 2.75) is 26.4 Å². The van der Waals surface area contributed by atoms with Crippen molar-refractivity contribution in [1.82, 2.24) is 4.90 Å². The molecule has 22 heavy (non-hydrogen) atoms. The van der Waals surface area contributed by atoms with Crippen LogP contribution in [0.1, 0.15) is 37.5 Å². The van der Waals surface area contributed by atoms with Crippen LogP contribution in [0.3, 0.4) is 0 Å². The summed E-state index contributed by atoms with van der Waals surface area (Å²) in [6.45, 7) is 8.52. The lowest BCUT2D eigenvalue weighted by Gasteiger charge is -2.21. The summed E-state index contributed by atoms with van der Waals surface area (Å²) in [5.41, 5.74) is 2.44. The van der Waals surface area contributed by atoms with Crippen LogP contribution in [0.5, 0.6) is 0 Å². The molecule has 0 saturated heterocycles. The van der Waals surface area contributed by atoms with Gasteiger partial charge in [0.1, 0.15) is 6.10 Å². The lowest BCUT2D eigenvalue weighted by atomic mass is 10.0. The maximum Gasteiger partial charge on any atom is 0.108 e. The topological polar surface area (TPSA) is 12.5 Å². The zero-order valence-electron chi connectivity index (χ0n) is 13.7. The van der Waals surface area contributed by atoms with Gasteiger partial charge in [0.25, 0.3) is 0 Å². The standard InChI is InChI=1S/C20H27NO/c1-3-21(4-2)16-11-17-22-20(18-12-7-5-8-13-18)19-14-9-6-10-15-19/h5-10,12-15,20H,3-4,11,16-17H2,1-2H3. The fourth-order valence-corrected chi connectivity index (χ4v) is 2.67. The summed E-state index contributed by atoms with van der Waals surface area (Å²) in [7, 11) is 0. The van der Waals surface area contributed by atoms with Gasteiger partial charge in [-0.3, -0.25) is 0 Å². The van der Waals surface area contributed by atoms with E-state index in [0.717, 1.165) is 32.7 Å². The average Bonchev–Trinajstić information content (AvgIpc) is 2.60. The Bertz CT molecular complexity index is 468. The first-order valence-electron chi connectivity index (χ1n) is 8.29. The highest BCUT2D eigenvalue weighted by Crippen LogP contribution is 2.25. The molecule has 0 spiro atoms. The maximum absolute atomic E-state index is 6.23. The third-order valence-electron chi connectivity index (χ3n) is 4.00. The Morgan fingerprint density at radius 1 is 0.818 bits per heavy atom. The summed E-state index contributed by atoms with van der Waals surface area (Å²) >= 11 is 0. The molecule has 0 saturated carbocycles. The van der Waals surface area contributed by atoms with Gasteiger partial charge in [0.2, 0.25) is 0 Å². The Labute approximate surface area is 134 Å². The third kappa shape index (κ3) is 4.97. The largest absolute Gasteiger partial charge is 0.369 e. The quantitative estimate of drug-likeness (QED) is 0.631. The van der Waals surface area contributed by atoms with E-state index in [0.29, 0.717) is 0 Å². The number of hydrogen-bond donors (Lipinski definition) is 0.